The van der Waals surface area contributed by atoms with Crippen molar-refractivity contribution in [1.82, 2.24) is 13.7 Å². The molecule has 0 fully saturated rings. The van der Waals surface area contributed by atoms with Crippen molar-refractivity contribution in [2.75, 3.05) is 0 Å². The molecule has 11 rings (SSSR count). The summed E-state index contributed by atoms with van der Waals surface area (Å²) in [6, 6.07) is 61.2. The van der Waals surface area contributed by atoms with E-state index < -0.39 is 0 Å². The van der Waals surface area contributed by atoms with Gasteiger partial charge in [-0.2, -0.15) is 0 Å². The van der Waals surface area contributed by atoms with Gasteiger partial charge >= 0.3 is 0 Å². The quantitative estimate of drug-likeness (QED) is 0.163. The fourth-order valence-electron chi connectivity index (χ4n) is 8.74. The van der Waals surface area contributed by atoms with Gasteiger partial charge in [-0.25, -0.2) is 9.69 Å². The summed E-state index contributed by atoms with van der Waals surface area (Å²) < 4.78 is 6.94. The molecule has 0 aliphatic heterocycles. The molecular weight excluding hydrogens is 671 g/mol. The normalized spacial score (nSPS) is 11.6. The molecule has 5 nitrogen and oxygen atoms in total. The molecular formula is C50H29N5. The van der Waals surface area contributed by atoms with Gasteiger partial charge in [-0.05, 0) is 89.3 Å². The van der Waals surface area contributed by atoms with E-state index in [0.717, 1.165) is 72.1 Å². The Morgan fingerprint density at radius 1 is 0.364 bits per heavy atom. The van der Waals surface area contributed by atoms with Crippen LogP contribution in [0.2, 0.25) is 0 Å². The first-order chi connectivity index (χ1) is 27.2. The van der Waals surface area contributed by atoms with E-state index in [4.69, 9.17) is 13.1 Å². The van der Waals surface area contributed by atoms with Gasteiger partial charge in [0.25, 0.3) is 0 Å². The van der Waals surface area contributed by atoms with Gasteiger partial charge in [0.2, 0.25) is 0 Å². The molecule has 0 saturated heterocycles. The lowest BCUT2D eigenvalue weighted by atomic mass is 10.0. The van der Waals surface area contributed by atoms with Crippen LogP contribution in [0.5, 0.6) is 0 Å². The van der Waals surface area contributed by atoms with Crippen LogP contribution >= 0.6 is 0 Å². The van der Waals surface area contributed by atoms with Crippen molar-refractivity contribution in [3.8, 4) is 28.2 Å². The number of hydrogen-bond donors (Lipinski definition) is 0. The van der Waals surface area contributed by atoms with Crippen LogP contribution in [0.1, 0.15) is 0 Å². The lowest BCUT2D eigenvalue weighted by Crippen LogP contribution is -1.97. The fraction of sp³-hybridized carbons (Fsp3) is 0. The number of fused-ring (bicyclic) bond motifs is 9. The number of rotatable bonds is 4. The van der Waals surface area contributed by atoms with E-state index in [9.17, 15) is 0 Å². The Kier molecular flexibility index (Phi) is 6.61. The minimum Gasteiger partial charge on any atom is -0.309 e. The van der Waals surface area contributed by atoms with E-state index in [1.807, 2.05) is 24.3 Å². The fourth-order valence-corrected chi connectivity index (χ4v) is 8.74. The van der Waals surface area contributed by atoms with Crippen molar-refractivity contribution in [3.63, 3.8) is 0 Å². The molecule has 254 valence electrons. The Balaban J connectivity index is 1.12. The number of hydrogen-bond acceptors (Lipinski definition) is 0. The highest BCUT2D eigenvalue weighted by Gasteiger charge is 2.21. The summed E-state index contributed by atoms with van der Waals surface area (Å²) in [6.45, 7) is 16.0. The summed E-state index contributed by atoms with van der Waals surface area (Å²) in [5.41, 5.74) is 12.7. The minimum absolute atomic E-state index is 0.593. The minimum atomic E-state index is 0.593. The highest BCUT2D eigenvalue weighted by atomic mass is 15.0. The molecule has 3 heterocycles. The maximum absolute atomic E-state index is 8.15. The molecule has 0 amide bonds. The zero-order chi connectivity index (χ0) is 36.6. The van der Waals surface area contributed by atoms with Gasteiger partial charge in [0.15, 0.2) is 11.4 Å². The van der Waals surface area contributed by atoms with E-state index in [-0.39, 0.29) is 0 Å². The first-order valence-corrected chi connectivity index (χ1v) is 18.3. The van der Waals surface area contributed by atoms with Crippen molar-refractivity contribution in [2.24, 2.45) is 0 Å². The summed E-state index contributed by atoms with van der Waals surface area (Å²) >= 11 is 0. The van der Waals surface area contributed by atoms with Gasteiger partial charge in [0, 0.05) is 38.3 Å². The molecule has 11 aromatic rings. The number of para-hydroxylation sites is 4. The third-order valence-corrected chi connectivity index (χ3v) is 11.1. The Morgan fingerprint density at radius 2 is 0.873 bits per heavy atom. The summed E-state index contributed by atoms with van der Waals surface area (Å²) in [5.74, 6) is 0. The monoisotopic (exact) mass is 699 g/mol. The van der Waals surface area contributed by atoms with Gasteiger partial charge in [0.05, 0.1) is 51.9 Å². The molecule has 55 heavy (non-hydrogen) atoms. The second-order valence-electron chi connectivity index (χ2n) is 13.9. The van der Waals surface area contributed by atoms with E-state index in [2.05, 4.69) is 175 Å². The maximum Gasteiger partial charge on any atom is 0.195 e. The van der Waals surface area contributed by atoms with Crippen molar-refractivity contribution >= 4 is 76.8 Å². The number of benzene rings is 8. The van der Waals surface area contributed by atoms with Crippen LogP contribution in [0.3, 0.4) is 0 Å². The Morgan fingerprint density at radius 3 is 1.45 bits per heavy atom. The third-order valence-electron chi connectivity index (χ3n) is 11.1. The van der Waals surface area contributed by atoms with E-state index in [0.29, 0.717) is 11.4 Å². The lowest BCUT2D eigenvalue weighted by molar-refractivity contribution is 1.17. The zero-order valence-electron chi connectivity index (χ0n) is 29.5. The first kappa shape index (κ1) is 30.7. The average Bonchev–Trinajstić information content (AvgIpc) is 3.89. The molecule has 0 atom stereocenters. The SMILES string of the molecule is [C-]#[N+]c1ccc2c(c1)c1c(-n3c4ccccc4c4ccccc43)cccc1n2-c1ccc([N+]#[C-])c(-c2ccc(-n3c4ccccc4c4ccccc43)cc2)c1. The molecule has 0 spiro atoms. The standard InChI is InChI=1S/C50H29N5/c1-51-33-24-29-47-41(30-33)50-48(20-11-21-49(50)55-45-18-9-5-14-38(45)39-15-6-10-19-46(39)55)54(47)35-27-28-42(52-2)40(31-35)32-22-25-34(26-23-32)53-43-16-7-3-12-36(43)37-13-4-8-17-44(37)53/h3-31H. The summed E-state index contributed by atoms with van der Waals surface area (Å²) in [5, 5.41) is 6.92. The molecule has 0 unspecified atom stereocenters. The Labute approximate surface area is 316 Å². The van der Waals surface area contributed by atoms with Gasteiger partial charge in [-0.1, -0.05) is 103 Å². The highest BCUT2D eigenvalue weighted by molar-refractivity contribution is 6.17. The van der Waals surface area contributed by atoms with Crippen LogP contribution in [0.25, 0.3) is 103 Å². The van der Waals surface area contributed by atoms with Crippen LogP contribution in [-0.2, 0) is 0 Å². The van der Waals surface area contributed by atoms with Gasteiger partial charge in [-0.3, -0.25) is 0 Å². The van der Waals surface area contributed by atoms with Gasteiger partial charge < -0.3 is 13.7 Å². The largest absolute Gasteiger partial charge is 0.309 e. The Bertz CT molecular complexity index is 3350. The molecule has 0 N–H and O–H groups in total. The van der Waals surface area contributed by atoms with Crippen molar-refractivity contribution in [2.45, 2.75) is 0 Å². The van der Waals surface area contributed by atoms with Crippen molar-refractivity contribution < 1.29 is 0 Å². The van der Waals surface area contributed by atoms with E-state index >= 15 is 0 Å². The smallest absolute Gasteiger partial charge is 0.195 e. The van der Waals surface area contributed by atoms with Crippen LogP contribution < -0.4 is 0 Å². The summed E-state index contributed by atoms with van der Waals surface area (Å²) in [6.07, 6.45) is 0. The molecule has 0 bridgehead atoms. The van der Waals surface area contributed by atoms with E-state index in [1.165, 1.54) is 21.5 Å². The third kappa shape index (κ3) is 4.45. The van der Waals surface area contributed by atoms with Crippen molar-refractivity contribution in [3.05, 3.63) is 199 Å². The van der Waals surface area contributed by atoms with Crippen LogP contribution in [0, 0.1) is 13.1 Å². The summed E-state index contributed by atoms with van der Waals surface area (Å²) in [7, 11) is 0. The highest BCUT2D eigenvalue weighted by Crippen LogP contribution is 2.42. The molecule has 3 aromatic heterocycles. The van der Waals surface area contributed by atoms with Gasteiger partial charge in [-0.15, -0.1) is 0 Å². The molecule has 0 aliphatic rings. The number of aromatic nitrogens is 3. The second-order valence-corrected chi connectivity index (χ2v) is 13.9. The van der Waals surface area contributed by atoms with Crippen LogP contribution in [0.4, 0.5) is 11.4 Å². The molecule has 5 heteroatoms. The molecule has 0 radical (unpaired) electrons. The molecule has 8 aromatic carbocycles. The second kappa shape index (κ2) is 11.8. The summed E-state index contributed by atoms with van der Waals surface area (Å²) in [4.78, 5) is 7.81. The maximum atomic E-state index is 8.15. The predicted octanol–water partition coefficient (Wildman–Crippen LogP) is 13.7. The van der Waals surface area contributed by atoms with Crippen molar-refractivity contribution in [1.29, 1.82) is 0 Å². The average molecular weight is 700 g/mol. The zero-order valence-corrected chi connectivity index (χ0v) is 29.5. The lowest BCUT2D eigenvalue weighted by Gasteiger charge is -2.14. The first-order valence-electron chi connectivity index (χ1n) is 18.3. The molecule has 0 saturated carbocycles. The van der Waals surface area contributed by atoms with Gasteiger partial charge in [0.1, 0.15) is 0 Å². The van der Waals surface area contributed by atoms with E-state index in [1.54, 1.807) is 0 Å². The van der Waals surface area contributed by atoms with Crippen LogP contribution in [-0.4, -0.2) is 13.7 Å². The molecule has 0 aliphatic carbocycles. The predicted molar refractivity (Wildman–Crippen MR) is 227 cm³/mol. The van der Waals surface area contributed by atoms with Crippen LogP contribution in [0.15, 0.2) is 176 Å². The Hall–Kier alpha value is -7.86. The number of nitrogens with zero attached hydrogens (tertiary/aromatic N) is 5. The topological polar surface area (TPSA) is 23.5 Å².